The third kappa shape index (κ3) is 2.12. The van der Waals surface area contributed by atoms with Gasteiger partial charge in [0, 0.05) is 31.2 Å². The molecule has 0 aromatic heterocycles. The van der Waals surface area contributed by atoms with E-state index in [1.807, 2.05) is 24.3 Å². The van der Waals surface area contributed by atoms with Gasteiger partial charge in [0.15, 0.2) is 0 Å². The van der Waals surface area contributed by atoms with E-state index in [2.05, 4.69) is 21.0 Å². The number of hydrogen-bond donors (Lipinski definition) is 1. The van der Waals surface area contributed by atoms with Crippen molar-refractivity contribution in [3.8, 4) is 6.07 Å². The minimum absolute atomic E-state index is 0.0331. The molecule has 0 spiro atoms. The quantitative estimate of drug-likeness (QED) is 0.888. The maximum absolute atomic E-state index is 9.07. The van der Waals surface area contributed by atoms with Gasteiger partial charge in [0.05, 0.1) is 23.2 Å². The fraction of sp³-hybridized carbons (Fsp3) is 0.200. The molecule has 2 heterocycles. The lowest BCUT2D eigenvalue weighted by Gasteiger charge is -2.12. The molecular formula is C15H13N5. The molecule has 0 amide bonds. The summed E-state index contributed by atoms with van der Waals surface area (Å²) in [6, 6.07) is 10.1. The molecule has 0 bridgehead atoms. The zero-order valence-electron chi connectivity index (χ0n) is 10.8. The Bertz CT molecular complexity index is 703. The van der Waals surface area contributed by atoms with Crippen LogP contribution in [0.4, 0.5) is 5.69 Å². The number of nitrogens with zero attached hydrogens (tertiary/aromatic N) is 4. The van der Waals surface area contributed by atoms with Crippen LogP contribution in [0.15, 0.2) is 51.6 Å². The Hall–Kier alpha value is -2.74. The van der Waals surface area contributed by atoms with Crippen LogP contribution in [0, 0.1) is 11.3 Å². The van der Waals surface area contributed by atoms with Gasteiger partial charge in [-0.25, -0.2) is 4.99 Å². The van der Waals surface area contributed by atoms with Gasteiger partial charge in [0.25, 0.3) is 0 Å². The molecule has 2 aliphatic heterocycles. The SMILES string of the molecule is N#CCC1C(C2=NC=CN=C(N)C2)=Nc2ccccc21. The van der Waals surface area contributed by atoms with E-state index in [9.17, 15) is 0 Å². The Morgan fingerprint density at radius 2 is 2.05 bits per heavy atom. The van der Waals surface area contributed by atoms with E-state index in [1.54, 1.807) is 12.4 Å². The normalized spacial score (nSPS) is 20.4. The van der Waals surface area contributed by atoms with Crippen LogP contribution in [0.2, 0.25) is 0 Å². The number of fused-ring (bicyclic) bond motifs is 1. The number of benzene rings is 1. The molecule has 2 N–H and O–H groups in total. The second-order valence-corrected chi connectivity index (χ2v) is 4.64. The van der Waals surface area contributed by atoms with Crippen molar-refractivity contribution in [1.82, 2.24) is 0 Å². The number of para-hydroxylation sites is 1. The first kappa shape index (κ1) is 12.3. The van der Waals surface area contributed by atoms with Crippen LogP contribution in [-0.4, -0.2) is 17.3 Å². The van der Waals surface area contributed by atoms with E-state index >= 15 is 0 Å². The fourth-order valence-corrected chi connectivity index (χ4v) is 2.47. The topological polar surface area (TPSA) is 86.9 Å². The number of hydrogen-bond acceptors (Lipinski definition) is 5. The van der Waals surface area contributed by atoms with E-state index in [1.165, 1.54) is 0 Å². The van der Waals surface area contributed by atoms with Gasteiger partial charge in [-0.1, -0.05) is 18.2 Å². The molecule has 0 saturated carbocycles. The summed E-state index contributed by atoms with van der Waals surface area (Å²) in [6.45, 7) is 0. The lowest BCUT2D eigenvalue weighted by molar-refractivity contribution is 0.947. The van der Waals surface area contributed by atoms with Crippen molar-refractivity contribution in [3.63, 3.8) is 0 Å². The van der Waals surface area contributed by atoms with E-state index < -0.39 is 0 Å². The molecule has 1 atom stereocenters. The van der Waals surface area contributed by atoms with Crippen LogP contribution in [0.3, 0.4) is 0 Å². The van der Waals surface area contributed by atoms with Gasteiger partial charge in [-0.2, -0.15) is 5.26 Å². The number of amidine groups is 1. The summed E-state index contributed by atoms with van der Waals surface area (Å²) in [5.74, 6) is 0.473. The molecule has 20 heavy (non-hydrogen) atoms. The molecule has 0 saturated heterocycles. The summed E-state index contributed by atoms with van der Waals surface area (Å²) in [6.07, 6.45) is 4.03. The zero-order chi connectivity index (χ0) is 13.9. The Morgan fingerprint density at radius 3 is 2.90 bits per heavy atom. The summed E-state index contributed by atoms with van der Waals surface area (Å²) >= 11 is 0. The van der Waals surface area contributed by atoms with Crippen LogP contribution in [0.5, 0.6) is 0 Å². The predicted octanol–water partition coefficient (Wildman–Crippen LogP) is 2.44. The summed E-state index contributed by atoms with van der Waals surface area (Å²) < 4.78 is 0. The van der Waals surface area contributed by atoms with Gasteiger partial charge in [-0.05, 0) is 11.6 Å². The summed E-state index contributed by atoms with van der Waals surface area (Å²) in [4.78, 5) is 13.1. The molecule has 5 heteroatoms. The zero-order valence-corrected chi connectivity index (χ0v) is 10.8. The fourth-order valence-electron chi connectivity index (χ4n) is 2.47. The number of aliphatic imine (C=N–C) groups is 3. The van der Waals surface area contributed by atoms with Gasteiger partial charge >= 0.3 is 0 Å². The van der Waals surface area contributed by atoms with E-state index in [0.717, 1.165) is 22.7 Å². The molecule has 3 rings (SSSR count). The van der Waals surface area contributed by atoms with E-state index in [4.69, 9.17) is 11.0 Å². The highest BCUT2D eigenvalue weighted by molar-refractivity contribution is 6.48. The van der Waals surface area contributed by atoms with Crippen LogP contribution < -0.4 is 5.73 Å². The minimum atomic E-state index is -0.0331. The van der Waals surface area contributed by atoms with Crippen molar-refractivity contribution >= 4 is 22.9 Å². The van der Waals surface area contributed by atoms with Gasteiger partial charge in [-0.15, -0.1) is 0 Å². The lowest BCUT2D eigenvalue weighted by atomic mass is 9.90. The van der Waals surface area contributed by atoms with Crippen LogP contribution >= 0.6 is 0 Å². The largest absolute Gasteiger partial charge is 0.387 e. The highest BCUT2D eigenvalue weighted by Crippen LogP contribution is 2.37. The van der Waals surface area contributed by atoms with Gasteiger partial charge in [0.2, 0.25) is 0 Å². The molecule has 0 radical (unpaired) electrons. The molecule has 2 aliphatic rings. The first-order chi connectivity index (χ1) is 9.79. The number of nitrogens with two attached hydrogens (primary N) is 1. The number of nitriles is 1. The lowest BCUT2D eigenvalue weighted by Crippen LogP contribution is -2.25. The third-order valence-electron chi connectivity index (χ3n) is 3.36. The second-order valence-electron chi connectivity index (χ2n) is 4.64. The standard InChI is InChI=1S/C15H13N5/c16-6-5-11-10-3-1-2-4-12(10)20-15(11)13-9-14(17)19-8-7-18-13/h1-4,7-8,11H,5,9H2,(H2,17,19). The first-order valence-corrected chi connectivity index (χ1v) is 6.38. The molecular weight excluding hydrogens is 250 g/mol. The van der Waals surface area contributed by atoms with Crippen molar-refractivity contribution in [2.45, 2.75) is 18.8 Å². The highest BCUT2D eigenvalue weighted by atomic mass is 14.9. The van der Waals surface area contributed by atoms with Crippen molar-refractivity contribution in [2.24, 2.45) is 20.7 Å². The average Bonchev–Trinajstić information content (AvgIpc) is 2.67. The average molecular weight is 263 g/mol. The predicted molar refractivity (Wildman–Crippen MR) is 79.3 cm³/mol. The minimum Gasteiger partial charge on any atom is -0.387 e. The van der Waals surface area contributed by atoms with Crippen molar-refractivity contribution in [1.29, 1.82) is 5.26 Å². The maximum atomic E-state index is 9.07. The van der Waals surface area contributed by atoms with Crippen molar-refractivity contribution < 1.29 is 0 Å². The summed E-state index contributed by atoms with van der Waals surface area (Å²) in [5.41, 5.74) is 9.42. The third-order valence-corrected chi connectivity index (χ3v) is 3.36. The van der Waals surface area contributed by atoms with Crippen LogP contribution in [0.1, 0.15) is 24.3 Å². The Kier molecular flexibility index (Phi) is 3.13. The van der Waals surface area contributed by atoms with Crippen LogP contribution in [0.25, 0.3) is 0 Å². The second kappa shape index (κ2) is 5.10. The molecule has 1 unspecified atom stereocenters. The Morgan fingerprint density at radius 1 is 1.25 bits per heavy atom. The van der Waals surface area contributed by atoms with Crippen molar-refractivity contribution in [2.75, 3.05) is 0 Å². The van der Waals surface area contributed by atoms with Gasteiger partial charge in [-0.3, -0.25) is 9.98 Å². The Balaban J connectivity index is 2.02. The van der Waals surface area contributed by atoms with E-state index in [-0.39, 0.29) is 5.92 Å². The molecule has 0 fully saturated rings. The Labute approximate surface area is 116 Å². The van der Waals surface area contributed by atoms with Gasteiger partial charge < -0.3 is 5.73 Å². The maximum Gasteiger partial charge on any atom is 0.105 e. The molecule has 1 aromatic carbocycles. The van der Waals surface area contributed by atoms with E-state index in [0.29, 0.717) is 18.7 Å². The summed E-state index contributed by atoms with van der Waals surface area (Å²) in [7, 11) is 0. The monoisotopic (exact) mass is 263 g/mol. The molecule has 5 nitrogen and oxygen atoms in total. The first-order valence-electron chi connectivity index (χ1n) is 6.38. The molecule has 1 aromatic rings. The molecule has 98 valence electrons. The van der Waals surface area contributed by atoms with Crippen LogP contribution in [-0.2, 0) is 0 Å². The highest BCUT2D eigenvalue weighted by Gasteiger charge is 2.30. The van der Waals surface area contributed by atoms with Crippen molar-refractivity contribution in [3.05, 3.63) is 42.2 Å². The smallest absolute Gasteiger partial charge is 0.105 e. The summed E-state index contributed by atoms with van der Waals surface area (Å²) in [5, 5.41) is 9.07. The van der Waals surface area contributed by atoms with Gasteiger partial charge in [0.1, 0.15) is 5.84 Å². The number of rotatable bonds is 2. The molecule has 0 aliphatic carbocycles.